The van der Waals surface area contributed by atoms with Crippen molar-refractivity contribution in [1.29, 1.82) is 0 Å². The second-order valence-corrected chi connectivity index (χ2v) is 4.47. The monoisotopic (exact) mass is 323 g/mol. The molecule has 0 spiro atoms. The summed E-state index contributed by atoms with van der Waals surface area (Å²) in [6, 6.07) is 3.90. The van der Waals surface area contributed by atoms with Gasteiger partial charge in [0.25, 0.3) is 0 Å². The molecule has 0 saturated carbocycles. The van der Waals surface area contributed by atoms with E-state index in [0.717, 1.165) is 37.6 Å². The van der Waals surface area contributed by atoms with Gasteiger partial charge in [0.15, 0.2) is 0 Å². The van der Waals surface area contributed by atoms with Crippen LogP contribution in [0.1, 0.15) is 15.9 Å². The molecule has 0 atom stereocenters. The molecule has 0 saturated heterocycles. The summed E-state index contributed by atoms with van der Waals surface area (Å²) < 4.78 is 30.7. The third-order valence-electron chi connectivity index (χ3n) is 2.87. The highest BCUT2D eigenvalue weighted by Gasteiger charge is 2.19. The van der Waals surface area contributed by atoms with Crippen LogP contribution in [0.2, 0.25) is 0 Å². The summed E-state index contributed by atoms with van der Waals surface area (Å²) in [4.78, 5) is 25.5. The van der Waals surface area contributed by atoms with Crippen LogP contribution >= 0.6 is 0 Å². The van der Waals surface area contributed by atoms with Crippen molar-refractivity contribution in [3.8, 4) is 0 Å². The van der Waals surface area contributed by atoms with Crippen LogP contribution < -0.4 is 5.32 Å². The van der Waals surface area contributed by atoms with E-state index in [-0.39, 0.29) is 23.5 Å². The van der Waals surface area contributed by atoms with Gasteiger partial charge in [0.2, 0.25) is 5.82 Å². The predicted octanol–water partition coefficient (Wildman–Crippen LogP) is 2.67. The number of nitrogens with one attached hydrogen (secondary N) is 1. The number of methoxy groups -OCH3 is 1. The molecule has 2 aromatic rings. The first-order chi connectivity index (χ1) is 10.9. The first kappa shape index (κ1) is 16.3. The van der Waals surface area contributed by atoms with E-state index >= 15 is 0 Å². The van der Waals surface area contributed by atoms with Crippen LogP contribution in [-0.2, 0) is 11.3 Å². The number of pyridine rings is 1. The van der Waals surface area contributed by atoms with Gasteiger partial charge in [-0.3, -0.25) is 10.1 Å². The number of hydrogen-bond donors (Lipinski definition) is 1. The number of halogens is 2. The summed E-state index contributed by atoms with van der Waals surface area (Å²) in [7, 11) is 1.14. The summed E-state index contributed by atoms with van der Waals surface area (Å²) >= 11 is 0. The zero-order chi connectivity index (χ0) is 17.0. The van der Waals surface area contributed by atoms with E-state index in [1.54, 1.807) is 0 Å². The molecular weight excluding hydrogens is 312 g/mol. The molecule has 2 rings (SSSR count). The Kier molecular flexibility index (Phi) is 4.79. The quantitative estimate of drug-likeness (QED) is 0.516. The Hall–Kier alpha value is -3.10. The second kappa shape index (κ2) is 6.77. The molecule has 120 valence electrons. The Balaban J connectivity index is 2.25. The van der Waals surface area contributed by atoms with Crippen LogP contribution in [0.3, 0.4) is 0 Å². The maximum atomic E-state index is 13.1. The van der Waals surface area contributed by atoms with Gasteiger partial charge in [0.1, 0.15) is 11.6 Å². The summed E-state index contributed by atoms with van der Waals surface area (Å²) in [5.74, 6) is -2.41. The van der Waals surface area contributed by atoms with Crippen molar-refractivity contribution in [1.82, 2.24) is 4.98 Å². The highest BCUT2D eigenvalue weighted by atomic mass is 19.1. The SMILES string of the molecule is COC(=O)c1cnc(NCc2cc(F)cc(F)c2)c([N+](=O)[O-])c1. The molecule has 0 radical (unpaired) electrons. The van der Waals surface area contributed by atoms with E-state index < -0.39 is 28.2 Å². The van der Waals surface area contributed by atoms with E-state index in [1.807, 2.05) is 0 Å². The lowest BCUT2D eigenvalue weighted by molar-refractivity contribution is -0.384. The van der Waals surface area contributed by atoms with Crippen LogP contribution in [0, 0.1) is 21.7 Å². The lowest BCUT2D eigenvalue weighted by atomic mass is 10.2. The summed E-state index contributed by atoms with van der Waals surface area (Å²) in [5, 5.41) is 13.7. The zero-order valence-electron chi connectivity index (χ0n) is 11.9. The fourth-order valence-corrected chi connectivity index (χ4v) is 1.86. The average Bonchev–Trinajstić information content (AvgIpc) is 2.51. The molecule has 7 nitrogen and oxygen atoms in total. The Labute approximate surface area is 129 Å². The van der Waals surface area contributed by atoms with E-state index in [9.17, 15) is 23.7 Å². The minimum atomic E-state index is -0.764. The number of ether oxygens (including phenoxy) is 1. The van der Waals surface area contributed by atoms with Gasteiger partial charge in [-0.1, -0.05) is 0 Å². The van der Waals surface area contributed by atoms with Crippen molar-refractivity contribution in [2.75, 3.05) is 12.4 Å². The third-order valence-corrected chi connectivity index (χ3v) is 2.87. The van der Waals surface area contributed by atoms with Gasteiger partial charge in [-0.25, -0.2) is 18.6 Å². The van der Waals surface area contributed by atoms with Gasteiger partial charge in [-0.2, -0.15) is 0 Å². The van der Waals surface area contributed by atoms with E-state index in [0.29, 0.717) is 0 Å². The number of anilines is 1. The van der Waals surface area contributed by atoms with E-state index in [1.165, 1.54) is 0 Å². The van der Waals surface area contributed by atoms with E-state index in [2.05, 4.69) is 15.0 Å². The van der Waals surface area contributed by atoms with Crippen molar-refractivity contribution >= 4 is 17.5 Å². The van der Waals surface area contributed by atoms with Gasteiger partial charge in [0, 0.05) is 24.9 Å². The van der Waals surface area contributed by atoms with Crippen LogP contribution in [-0.4, -0.2) is 23.0 Å². The standard InChI is InChI=1S/C14H11F2N3O4/c1-23-14(20)9-4-12(19(21)22)13(18-7-9)17-6-8-2-10(15)5-11(16)3-8/h2-5,7H,6H2,1H3,(H,17,18). The predicted molar refractivity (Wildman–Crippen MR) is 75.9 cm³/mol. The largest absolute Gasteiger partial charge is 0.465 e. The van der Waals surface area contributed by atoms with Crippen LogP contribution in [0.4, 0.5) is 20.3 Å². The summed E-state index contributed by atoms with van der Waals surface area (Å²) in [6.07, 6.45) is 1.10. The molecule has 0 aliphatic heterocycles. The second-order valence-electron chi connectivity index (χ2n) is 4.47. The molecule has 0 unspecified atom stereocenters. The molecule has 23 heavy (non-hydrogen) atoms. The first-order valence-corrected chi connectivity index (χ1v) is 6.32. The molecule has 0 aliphatic carbocycles. The maximum absolute atomic E-state index is 13.1. The van der Waals surface area contributed by atoms with Crippen molar-refractivity contribution in [2.24, 2.45) is 0 Å². The number of hydrogen-bond acceptors (Lipinski definition) is 6. The number of nitrogens with zero attached hydrogens (tertiary/aromatic N) is 2. The fraction of sp³-hybridized carbons (Fsp3) is 0.143. The first-order valence-electron chi connectivity index (χ1n) is 6.32. The molecule has 1 heterocycles. The Morgan fingerprint density at radius 1 is 1.30 bits per heavy atom. The van der Waals surface area contributed by atoms with Crippen LogP contribution in [0.25, 0.3) is 0 Å². The van der Waals surface area contributed by atoms with Crippen LogP contribution in [0.5, 0.6) is 0 Å². The lowest BCUT2D eigenvalue weighted by Crippen LogP contribution is -2.08. The Morgan fingerprint density at radius 3 is 2.52 bits per heavy atom. The minimum absolute atomic E-state index is 0.0819. The molecule has 0 aliphatic rings. The van der Waals surface area contributed by atoms with Gasteiger partial charge in [-0.15, -0.1) is 0 Å². The number of carbonyl (C=O) groups excluding carboxylic acids is 1. The molecule has 0 fully saturated rings. The fourth-order valence-electron chi connectivity index (χ4n) is 1.86. The topological polar surface area (TPSA) is 94.4 Å². The molecule has 0 amide bonds. The number of aromatic nitrogens is 1. The number of benzene rings is 1. The van der Waals surface area contributed by atoms with Crippen molar-refractivity contribution in [3.05, 3.63) is 63.3 Å². The molecular formula is C14H11F2N3O4. The molecule has 9 heteroatoms. The summed E-state index contributed by atoms with van der Waals surface area (Å²) in [5.41, 5.74) is -0.290. The maximum Gasteiger partial charge on any atom is 0.339 e. The van der Waals surface area contributed by atoms with Crippen molar-refractivity contribution < 1.29 is 23.2 Å². The lowest BCUT2D eigenvalue weighted by Gasteiger charge is -2.08. The number of nitro groups is 1. The van der Waals surface area contributed by atoms with Gasteiger partial charge >= 0.3 is 11.7 Å². The molecule has 1 aromatic heterocycles. The highest BCUT2D eigenvalue weighted by molar-refractivity contribution is 5.90. The van der Waals surface area contributed by atoms with Gasteiger partial charge < -0.3 is 10.1 Å². The van der Waals surface area contributed by atoms with Crippen molar-refractivity contribution in [2.45, 2.75) is 6.54 Å². The minimum Gasteiger partial charge on any atom is -0.465 e. The zero-order valence-corrected chi connectivity index (χ0v) is 11.9. The Morgan fingerprint density at radius 2 is 1.96 bits per heavy atom. The smallest absolute Gasteiger partial charge is 0.339 e. The molecule has 1 N–H and O–H groups in total. The summed E-state index contributed by atoms with van der Waals surface area (Å²) in [6.45, 7) is -0.0832. The van der Waals surface area contributed by atoms with Gasteiger partial charge in [-0.05, 0) is 17.7 Å². The van der Waals surface area contributed by atoms with Crippen LogP contribution in [0.15, 0.2) is 30.5 Å². The number of rotatable bonds is 5. The molecule has 1 aromatic carbocycles. The van der Waals surface area contributed by atoms with E-state index in [4.69, 9.17) is 0 Å². The van der Waals surface area contributed by atoms with Gasteiger partial charge in [0.05, 0.1) is 17.6 Å². The average molecular weight is 323 g/mol. The highest BCUT2D eigenvalue weighted by Crippen LogP contribution is 2.24. The molecule has 0 bridgehead atoms. The Bertz CT molecular complexity index is 747. The number of esters is 1. The number of carbonyl (C=O) groups is 1. The van der Waals surface area contributed by atoms with Crippen molar-refractivity contribution in [3.63, 3.8) is 0 Å². The normalized spacial score (nSPS) is 10.2. The third kappa shape index (κ3) is 3.96.